The van der Waals surface area contributed by atoms with Gasteiger partial charge < -0.3 is 15.9 Å². The Morgan fingerprint density at radius 2 is 1.88 bits per heavy atom. The van der Waals surface area contributed by atoms with Gasteiger partial charge in [0.15, 0.2) is 5.78 Å². The van der Waals surface area contributed by atoms with E-state index in [2.05, 4.69) is 0 Å². The minimum Gasteiger partial charge on any atom is -0.508 e. The lowest BCUT2D eigenvalue weighted by molar-refractivity contribution is -0.138. The molecular weight excluding hydrogens is 227 g/mol. The van der Waals surface area contributed by atoms with Crippen LogP contribution in [0.1, 0.15) is 15.9 Å². The molecule has 0 bridgehead atoms. The van der Waals surface area contributed by atoms with Gasteiger partial charge >= 0.3 is 6.18 Å². The van der Waals surface area contributed by atoms with Crippen molar-refractivity contribution in [3.8, 4) is 11.5 Å². The Balaban J connectivity index is 3.44. The van der Waals surface area contributed by atoms with Crippen LogP contribution < -0.4 is 5.73 Å². The van der Waals surface area contributed by atoms with Crippen LogP contribution in [0.4, 0.5) is 13.2 Å². The van der Waals surface area contributed by atoms with Crippen LogP contribution in [0.2, 0.25) is 0 Å². The van der Waals surface area contributed by atoms with Crippen molar-refractivity contribution in [1.29, 1.82) is 0 Å². The molecule has 16 heavy (non-hydrogen) atoms. The molecule has 0 atom stereocenters. The largest absolute Gasteiger partial charge is 0.508 e. The Kier molecular flexibility index (Phi) is 3.09. The lowest BCUT2D eigenvalue weighted by Gasteiger charge is -2.12. The second-order valence-electron chi connectivity index (χ2n) is 3.01. The number of rotatable bonds is 2. The lowest BCUT2D eigenvalue weighted by Crippen LogP contribution is -2.15. The molecule has 0 spiro atoms. The fourth-order valence-corrected chi connectivity index (χ4v) is 1.16. The lowest BCUT2D eigenvalue weighted by atomic mass is 10.0. The van der Waals surface area contributed by atoms with Gasteiger partial charge in [0.1, 0.15) is 17.1 Å². The van der Waals surface area contributed by atoms with Crippen molar-refractivity contribution in [3.05, 3.63) is 23.3 Å². The summed E-state index contributed by atoms with van der Waals surface area (Å²) in [5, 5.41) is 18.3. The summed E-state index contributed by atoms with van der Waals surface area (Å²) in [7, 11) is 0. The van der Waals surface area contributed by atoms with E-state index in [1.165, 1.54) is 0 Å². The third-order valence-electron chi connectivity index (χ3n) is 1.89. The summed E-state index contributed by atoms with van der Waals surface area (Å²) in [5.74, 6) is -2.87. The summed E-state index contributed by atoms with van der Waals surface area (Å²) in [5.41, 5.74) is 2.85. The Bertz CT molecular complexity index is 429. The number of alkyl halides is 3. The van der Waals surface area contributed by atoms with E-state index >= 15 is 0 Å². The summed E-state index contributed by atoms with van der Waals surface area (Å²) >= 11 is 0. The Morgan fingerprint density at radius 3 is 2.31 bits per heavy atom. The zero-order valence-electron chi connectivity index (χ0n) is 7.88. The van der Waals surface area contributed by atoms with E-state index < -0.39 is 41.1 Å². The number of aromatic hydroxyl groups is 2. The predicted octanol–water partition coefficient (Wildman–Crippen LogP) is 1.26. The van der Waals surface area contributed by atoms with E-state index in [0.717, 1.165) is 6.07 Å². The van der Waals surface area contributed by atoms with Crippen LogP contribution in [0.5, 0.6) is 11.5 Å². The van der Waals surface area contributed by atoms with Gasteiger partial charge in [0.25, 0.3) is 0 Å². The first-order valence-electron chi connectivity index (χ1n) is 4.13. The summed E-state index contributed by atoms with van der Waals surface area (Å²) in [6.07, 6.45) is -4.85. The highest BCUT2D eigenvalue weighted by atomic mass is 19.4. The number of nitrogens with two attached hydrogens (primary N) is 1. The number of ketones is 1. The number of Topliss-reactive ketones (excluding diaryl/α,β-unsaturated/α-hetero) is 1. The third-order valence-corrected chi connectivity index (χ3v) is 1.89. The molecule has 0 saturated carbocycles. The van der Waals surface area contributed by atoms with Crippen molar-refractivity contribution in [2.45, 2.75) is 6.18 Å². The van der Waals surface area contributed by atoms with Gasteiger partial charge in [0.05, 0.1) is 12.1 Å². The minimum absolute atomic E-state index is 0.336. The number of phenolic OH excluding ortho intramolecular Hbond substituents is 2. The SMILES string of the molecule is NCC(=O)c1cc(O)cc(C(F)(F)F)c1O. The van der Waals surface area contributed by atoms with Crippen molar-refractivity contribution in [2.75, 3.05) is 6.54 Å². The number of carbonyl (C=O) groups is 1. The monoisotopic (exact) mass is 235 g/mol. The van der Waals surface area contributed by atoms with Gasteiger partial charge in [-0.15, -0.1) is 0 Å². The van der Waals surface area contributed by atoms with Gasteiger partial charge in [-0.25, -0.2) is 0 Å². The first-order chi connectivity index (χ1) is 7.27. The molecule has 0 radical (unpaired) electrons. The molecule has 0 fully saturated rings. The molecule has 1 aromatic carbocycles. The van der Waals surface area contributed by atoms with Crippen LogP contribution in [0.25, 0.3) is 0 Å². The fraction of sp³-hybridized carbons (Fsp3) is 0.222. The molecule has 1 rings (SSSR count). The van der Waals surface area contributed by atoms with Gasteiger partial charge in [-0.1, -0.05) is 0 Å². The number of halogens is 3. The summed E-state index contributed by atoms with van der Waals surface area (Å²) in [6, 6.07) is 1.07. The van der Waals surface area contributed by atoms with E-state index in [4.69, 9.17) is 10.8 Å². The Hall–Kier alpha value is -1.76. The van der Waals surface area contributed by atoms with Gasteiger partial charge in [0, 0.05) is 0 Å². The minimum atomic E-state index is -4.85. The smallest absolute Gasteiger partial charge is 0.420 e. The van der Waals surface area contributed by atoms with Crippen molar-refractivity contribution in [3.63, 3.8) is 0 Å². The van der Waals surface area contributed by atoms with E-state index in [1.807, 2.05) is 0 Å². The molecule has 0 aliphatic heterocycles. The first-order valence-corrected chi connectivity index (χ1v) is 4.13. The van der Waals surface area contributed by atoms with Crippen LogP contribution in [0.3, 0.4) is 0 Å². The van der Waals surface area contributed by atoms with Crippen LogP contribution in [-0.4, -0.2) is 22.5 Å². The summed E-state index contributed by atoms with van der Waals surface area (Å²) in [4.78, 5) is 11.1. The van der Waals surface area contributed by atoms with Gasteiger partial charge in [0.2, 0.25) is 0 Å². The highest BCUT2D eigenvalue weighted by Crippen LogP contribution is 2.39. The van der Waals surface area contributed by atoms with E-state index in [0.29, 0.717) is 6.07 Å². The number of hydrogen-bond acceptors (Lipinski definition) is 4. The number of benzene rings is 1. The summed E-state index contributed by atoms with van der Waals surface area (Å²) in [6.45, 7) is -0.561. The van der Waals surface area contributed by atoms with E-state index in [1.54, 1.807) is 0 Å². The highest BCUT2D eigenvalue weighted by molar-refractivity contribution is 6.00. The topological polar surface area (TPSA) is 83.6 Å². The van der Waals surface area contributed by atoms with Gasteiger partial charge in [-0.3, -0.25) is 4.79 Å². The molecule has 88 valence electrons. The molecule has 0 amide bonds. The molecule has 4 nitrogen and oxygen atoms in total. The maximum atomic E-state index is 12.4. The number of phenols is 2. The first kappa shape index (κ1) is 12.3. The second-order valence-corrected chi connectivity index (χ2v) is 3.01. The summed E-state index contributed by atoms with van der Waals surface area (Å²) < 4.78 is 37.1. The normalized spacial score (nSPS) is 11.5. The molecule has 0 heterocycles. The molecule has 0 aliphatic rings. The quantitative estimate of drug-likeness (QED) is 0.532. The molecule has 4 N–H and O–H groups in total. The van der Waals surface area contributed by atoms with Crippen molar-refractivity contribution >= 4 is 5.78 Å². The molecule has 0 unspecified atom stereocenters. The fourth-order valence-electron chi connectivity index (χ4n) is 1.16. The third kappa shape index (κ3) is 2.25. The zero-order valence-corrected chi connectivity index (χ0v) is 7.88. The molecule has 0 saturated heterocycles. The average molecular weight is 235 g/mol. The van der Waals surface area contributed by atoms with Crippen LogP contribution >= 0.6 is 0 Å². The maximum absolute atomic E-state index is 12.4. The second kappa shape index (κ2) is 4.01. The van der Waals surface area contributed by atoms with E-state index in [9.17, 15) is 23.1 Å². The predicted molar refractivity (Wildman–Crippen MR) is 48.2 cm³/mol. The van der Waals surface area contributed by atoms with Gasteiger partial charge in [-0.2, -0.15) is 13.2 Å². The molecule has 0 aromatic heterocycles. The molecule has 1 aromatic rings. The standard InChI is InChI=1S/C9H8F3NO3/c10-9(11,12)6-2-4(14)1-5(8(6)16)7(15)3-13/h1-2,14,16H,3,13H2. The Morgan fingerprint density at radius 1 is 1.31 bits per heavy atom. The van der Waals surface area contributed by atoms with Gasteiger partial charge in [-0.05, 0) is 12.1 Å². The van der Waals surface area contributed by atoms with Crippen LogP contribution in [0.15, 0.2) is 12.1 Å². The average Bonchev–Trinajstić information content (AvgIpc) is 2.18. The molecule has 0 aliphatic carbocycles. The zero-order chi connectivity index (χ0) is 12.5. The molecule has 7 heteroatoms. The number of hydrogen-bond donors (Lipinski definition) is 3. The Labute approximate surface area is 88.1 Å². The van der Waals surface area contributed by atoms with Crippen molar-refractivity contribution in [2.24, 2.45) is 5.73 Å². The van der Waals surface area contributed by atoms with E-state index in [-0.39, 0.29) is 0 Å². The maximum Gasteiger partial charge on any atom is 0.420 e. The van der Waals surface area contributed by atoms with Crippen LogP contribution in [0, 0.1) is 0 Å². The highest BCUT2D eigenvalue weighted by Gasteiger charge is 2.36. The molecular formula is C9H8F3NO3. The van der Waals surface area contributed by atoms with Crippen molar-refractivity contribution < 1.29 is 28.2 Å². The van der Waals surface area contributed by atoms with Crippen LogP contribution in [-0.2, 0) is 6.18 Å². The number of carbonyl (C=O) groups excluding carboxylic acids is 1. The van der Waals surface area contributed by atoms with Crippen molar-refractivity contribution in [1.82, 2.24) is 0 Å².